The molecule has 0 aliphatic carbocycles. The van der Waals surface area contributed by atoms with Gasteiger partial charge in [0.15, 0.2) is 5.76 Å². The minimum absolute atomic E-state index is 0.205. The molecule has 0 radical (unpaired) electrons. The predicted octanol–water partition coefficient (Wildman–Crippen LogP) is 6.10. The van der Waals surface area contributed by atoms with Gasteiger partial charge in [0.1, 0.15) is 24.0 Å². The summed E-state index contributed by atoms with van der Waals surface area (Å²) < 4.78 is 25.0. The second-order valence-electron chi connectivity index (χ2n) is 7.42. The maximum Gasteiger partial charge on any atom is 0.231 e. The van der Waals surface area contributed by atoms with Crippen molar-refractivity contribution in [2.24, 2.45) is 0 Å². The van der Waals surface area contributed by atoms with E-state index in [-0.39, 0.29) is 17.4 Å². The zero-order valence-corrected chi connectivity index (χ0v) is 17.7. The van der Waals surface area contributed by atoms with Gasteiger partial charge in [-0.3, -0.25) is 9.69 Å². The van der Waals surface area contributed by atoms with Crippen LogP contribution in [0.4, 0.5) is 4.39 Å². The lowest BCUT2D eigenvalue weighted by Gasteiger charge is -2.29. The number of carbonyl (C=O) groups is 1. The van der Waals surface area contributed by atoms with Gasteiger partial charge in [0.2, 0.25) is 5.78 Å². The number of ketones is 1. The van der Waals surface area contributed by atoms with E-state index in [1.165, 1.54) is 12.1 Å². The molecule has 0 amide bonds. The highest BCUT2D eigenvalue weighted by Crippen LogP contribution is 2.42. The van der Waals surface area contributed by atoms with Crippen LogP contribution in [0.3, 0.4) is 0 Å². The molecule has 4 nitrogen and oxygen atoms in total. The van der Waals surface area contributed by atoms with Crippen molar-refractivity contribution in [2.75, 3.05) is 6.73 Å². The summed E-state index contributed by atoms with van der Waals surface area (Å²) in [6.45, 7) is 1.56. The van der Waals surface area contributed by atoms with E-state index in [4.69, 9.17) is 32.7 Å². The first kappa shape index (κ1) is 20.1. The molecule has 3 aromatic rings. The molecule has 0 saturated carbocycles. The molecule has 156 valence electrons. The maximum atomic E-state index is 13.2. The molecule has 0 spiro atoms. The van der Waals surface area contributed by atoms with Gasteiger partial charge in [-0.15, -0.1) is 0 Å². The summed E-state index contributed by atoms with van der Waals surface area (Å²) in [5, 5.41) is 1.01. The Kier molecular flexibility index (Phi) is 5.18. The highest BCUT2D eigenvalue weighted by atomic mass is 35.5. The Bertz CT molecular complexity index is 1220. The summed E-state index contributed by atoms with van der Waals surface area (Å²) in [7, 11) is 0. The van der Waals surface area contributed by atoms with Crippen LogP contribution >= 0.6 is 23.2 Å². The van der Waals surface area contributed by atoms with Crippen LogP contribution in [0, 0.1) is 5.82 Å². The second-order valence-corrected chi connectivity index (χ2v) is 8.23. The summed E-state index contributed by atoms with van der Waals surface area (Å²) >= 11 is 12.1. The van der Waals surface area contributed by atoms with E-state index in [0.717, 1.165) is 11.1 Å². The Balaban J connectivity index is 1.41. The molecule has 0 N–H and O–H groups in total. The van der Waals surface area contributed by atoms with Crippen molar-refractivity contribution in [3.63, 3.8) is 0 Å². The number of fused-ring (bicyclic) bond motifs is 3. The number of carbonyl (C=O) groups excluding carboxylic acids is 1. The average Bonchev–Trinajstić information content (AvgIpc) is 3.08. The van der Waals surface area contributed by atoms with E-state index in [1.54, 1.807) is 36.4 Å². The Labute approximate surface area is 188 Å². The standard InChI is InChI=1S/C24H16Cl2FNO3/c25-19-7-3-15(9-20(19)26)11-28-12-18-21(30-13-28)8-6-17-23(29)22(31-24(17)18)10-14-1-4-16(27)5-2-14/h1-10H,11-13H2/b22-10-. The molecule has 0 unspecified atom stereocenters. The third-order valence-electron chi connectivity index (χ3n) is 5.24. The van der Waals surface area contributed by atoms with Crippen molar-refractivity contribution < 1.29 is 18.7 Å². The molecule has 0 aromatic heterocycles. The van der Waals surface area contributed by atoms with E-state index in [0.29, 0.717) is 52.5 Å². The maximum absolute atomic E-state index is 13.2. The molecule has 2 aliphatic rings. The smallest absolute Gasteiger partial charge is 0.231 e. The summed E-state index contributed by atoms with van der Waals surface area (Å²) in [6, 6.07) is 14.9. The monoisotopic (exact) mass is 455 g/mol. The minimum Gasteiger partial charge on any atom is -0.478 e. The van der Waals surface area contributed by atoms with E-state index >= 15 is 0 Å². The van der Waals surface area contributed by atoms with Gasteiger partial charge in [-0.1, -0.05) is 41.4 Å². The second kappa shape index (κ2) is 8.00. The van der Waals surface area contributed by atoms with Crippen LogP contribution in [0.25, 0.3) is 6.08 Å². The number of hydrogen-bond donors (Lipinski definition) is 0. The van der Waals surface area contributed by atoms with Crippen LogP contribution in [0.2, 0.25) is 10.0 Å². The molecule has 0 fully saturated rings. The number of hydrogen-bond acceptors (Lipinski definition) is 4. The van der Waals surface area contributed by atoms with Gasteiger partial charge in [0, 0.05) is 13.1 Å². The molecular weight excluding hydrogens is 440 g/mol. The van der Waals surface area contributed by atoms with Crippen molar-refractivity contribution >= 4 is 35.1 Å². The molecule has 5 rings (SSSR count). The van der Waals surface area contributed by atoms with Crippen molar-refractivity contribution in [3.8, 4) is 11.5 Å². The van der Waals surface area contributed by atoms with Gasteiger partial charge in [0.25, 0.3) is 0 Å². The molecule has 31 heavy (non-hydrogen) atoms. The number of rotatable bonds is 3. The molecular formula is C24H16Cl2FNO3. The lowest BCUT2D eigenvalue weighted by Crippen LogP contribution is -2.31. The van der Waals surface area contributed by atoms with Gasteiger partial charge >= 0.3 is 0 Å². The van der Waals surface area contributed by atoms with Gasteiger partial charge < -0.3 is 9.47 Å². The number of allylic oxidation sites excluding steroid dienone is 1. The van der Waals surface area contributed by atoms with Crippen LogP contribution < -0.4 is 9.47 Å². The normalized spacial score (nSPS) is 16.6. The minimum atomic E-state index is -0.336. The predicted molar refractivity (Wildman–Crippen MR) is 117 cm³/mol. The lowest BCUT2D eigenvalue weighted by molar-refractivity contribution is 0.0873. The first-order valence-electron chi connectivity index (χ1n) is 9.63. The number of halogens is 3. The van der Waals surface area contributed by atoms with Gasteiger partial charge in [-0.25, -0.2) is 4.39 Å². The van der Waals surface area contributed by atoms with E-state index < -0.39 is 0 Å². The Morgan fingerprint density at radius 3 is 2.61 bits per heavy atom. The van der Waals surface area contributed by atoms with E-state index in [9.17, 15) is 9.18 Å². The highest BCUT2D eigenvalue weighted by molar-refractivity contribution is 6.42. The third-order valence-corrected chi connectivity index (χ3v) is 5.98. The Morgan fingerprint density at radius 1 is 1.03 bits per heavy atom. The zero-order chi connectivity index (χ0) is 21.5. The van der Waals surface area contributed by atoms with Crippen LogP contribution in [-0.4, -0.2) is 17.4 Å². The molecule has 0 atom stereocenters. The van der Waals surface area contributed by atoms with Crippen molar-refractivity contribution in [3.05, 3.63) is 98.5 Å². The lowest BCUT2D eigenvalue weighted by atomic mass is 10.0. The SMILES string of the molecule is O=C1/C(=C/c2ccc(F)cc2)Oc2c1ccc1c2CN(Cc2ccc(Cl)c(Cl)c2)CO1. The first-order valence-corrected chi connectivity index (χ1v) is 10.4. The summed E-state index contributed by atoms with van der Waals surface area (Å²) in [6.07, 6.45) is 1.62. The van der Waals surface area contributed by atoms with Gasteiger partial charge in [0.05, 0.1) is 21.2 Å². The van der Waals surface area contributed by atoms with Crippen molar-refractivity contribution in [2.45, 2.75) is 13.1 Å². The zero-order valence-electron chi connectivity index (χ0n) is 16.2. The molecule has 2 heterocycles. The van der Waals surface area contributed by atoms with Crippen LogP contribution in [-0.2, 0) is 13.1 Å². The van der Waals surface area contributed by atoms with Crippen LogP contribution in [0.1, 0.15) is 27.0 Å². The number of ether oxygens (including phenoxy) is 2. The van der Waals surface area contributed by atoms with Crippen molar-refractivity contribution in [1.82, 2.24) is 4.90 Å². The molecule has 0 saturated heterocycles. The van der Waals surface area contributed by atoms with Crippen molar-refractivity contribution in [1.29, 1.82) is 0 Å². The largest absolute Gasteiger partial charge is 0.478 e. The summed E-state index contributed by atoms with van der Waals surface area (Å²) in [5.74, 6) is 0.868. The molecule has 0 bridgehead atoms. The van der Waals surface area contributed by atoms with Gasteiger partial charge in [-0.2, -0.15) is 0 Å². The Morgan fingerprint density at radius 2 is 1.84 bits per heavy atom. The van der Waals surface area contributed by atoms with Crippen LogP contribution in [0.5, 0.6) is 11.5 Å². The average molecular weight is 456 g/mol. The topological polar surface area (TPSA) is 38.8 Å². The fourth-order valence-electron chi connectivity index (χ4n) is 3.71. The number of nitrogens with zero attached hydrogens (tertiary/aromatic N) is 1. The Hall–Kier alpha value is -2.86. The third kappa shape index (κ3) is 3.92. The van der Waals surface area contributed by atoms with E-state index in [1.807, 2.05) is 12.1 Å². The number of Topliss-reactive ketones (excluding diaryl/α,β-unsaturated/α-hetero) is 1. The van der Waals surface area contributed by atoms with Crippen LogP contribution in [0.15, 0.2) is 60.4 Å². The fraction of sp³-hybridized carbons (Fsp3) is 0.125. The van der Waals surface area contributed by atoms with E-state index in [2.05, 4.69) is 4.90 Å². The molecule has 3 aromatic carbocycles. The fourth-order valence-corrected chi connectivity index (χ4v) is 4.03. The quantitative estimate of drug-likeness (QED) is 0.447. The van der Waals surface area contributed by atoms with Gasteiger partial charge in [-0.05, 0) is 53.6 Å². The number of benzene rings is 3. The molecule has 7 heteroatoms. The summed E-state index contributed by atoms with van der Waals surface area (Å²) in [5.41, 5.74) is 3.00. The summed E-state index contributed by atoms with van der Waals surface area (Å²) in [4.78, 5) is 14.9. The highest BCUT2D eigenvalue weighted by Gasteiger charge is 2.33. The first-order chi connectivity index (χ1) is 15.0. The molecule has 2 aliphatic heterocycles.